The number of halogens is 1. The first-order valence-electron chi connectivity index (χ1n) is 12.1. The molecule has 8 nitrogen and oxygen atoms in total. The molecule has 1 aromatic carbocycles. The second kappa shape index (κ2) is 10.9. The fourth-order valence-corrected chi connectivity index (χ4v) is 4.56. The minimum absolute atomic E-state index is 0.174. The van der Waals surface area contributed by atoms with E-state index >= 15 is 0 Å². The molecule has 2 fully saturated rings. The van der Waals surface area contributed by atoms with Crippen molar-refractivity contribution in [2.45, 2.75) is 26.7 Å². The Hall–Kier alpha value is -3.07. The van der Waals surface area contributed by atoms with Crippen molar-refractivity contribution in [2.24, 2.45) is 5.92 Å². The monoisotopic (exact) mass is 469 g/mol. The first kappa shape index (κ1) is 24.1. The lowest BCUT2D eigenvalue weighted by atomic mass is 9.97. The van der Waals surface area contributed by atoms with Gasteiger partial charge < -0.3 is 19.4 Å². The van der Waals surface area contributed by atoms with Crippen LogP contribution in [0.15, 0.2) is 30.5 Å². The first-order valence-corrected chi connectivity index (χ1v) is 12.1. The Labute approximate surface area is 199 Å². The molecule has 2 aromatic rings. The minimum Gasteiger partial charge on any atom is -0.466 e. The number of ether oxygens (including phenoxy) is 1. The zero-order valence-corrected chi connectivity index (χ0v) is 19.9. The summed E-state index contributed by atoms with van der Waals surface area (Å²) in [7, 11) is 0. The fourth-order valence-electron chi connectivity index (χ4n) is 4.56. The zero-order valence-electron chi connectivity index (χ0n) is 19.9. The maximum atomic E-state index is 13.6. The van der Waals surface area contributed by atoms with Crippen LogP contribution in [0.3, 0.4) is 0 Å². The number of anilines is 1. The second-order valence-electron chi connectivity index (χ2n) is 8.70. The van der Waals surface area contributed by atoms with Gasteiger partial charge in [0.1, 0.15) is 17.2 Å². The van der Waals surface area contributed by atoms with E-state index in [1.54, 1.807) is 30.2 Å². The lowest BCUT2D eigenvalue weighted by molar-refractivity contribution is -0.149. The molecule has 0 radical (unpaired) electrons. The lowest BCUT2D eigenvalue weighted by Crippen LogP contribution is -2.48. The molecule has 0 spiro atoms. The SMILES string of the molecule is CCOC(=O)C1CCCN(C(=O)c2cnc(-c3ccc(F)cc3)nc2N2CCN(CC)CC2)C1. The van der Waals surface area contributed by atoms with Gasteiger partial charge in [-0.2, -0.15) is 0 Å². The van der Waals surface area contributed by atoms with Crippen molar-refractivity contribution in [3.63, 3.8) is 0 Å². The Morgan fingerprint density at radius 1 is 1.09 bits per heavy atom. The van der Waals surface area contributed by atoms with Crippen LogP contribution in [0.25, 0.3) is 11.4 Å². The molecule has 2 aliphatic rings. The van der Waals surface area contributed by atoms with Gasteiger partial charge in [0.15, 0.2) is 5.82 Å². The summed E-state index contributed by atoms with van der Waals surface area (Å²) < 4.78 is 18.6. The average Bonchev–Trinajstić information content (AvgIpc) is 2.88. The standard InChI is InChI=1S/C25H32FN5O3/c1-3-29-12-14-30(15-13-29)23-21(16-27-22(28-23)18-7-9-20(26)10-8-18)24(32)31-11-5-6-19(17-31)25(33)34-4-2/h7-10,16,19H,3-6,11-15,17H2,1-2H3. The summed E-state index contributed by atoms with van der Waals surface area (Å²) in [5.74, 6) is -0.0198. The third-order valence-corrected chi connectivity index (χ3v) is 6.55. The number of hydrogen-bond donors (Lipinski definition) is 0. The van der Waals surface area contributed by atoms with Gasteiger partial charge in [-0.25, -0.2) is 14.4 Å². The van der Waals surface area contributed by atoms with Gasteiger partial charge in [0.25, 0.3) is 5.91 Å². The largest absolute Gasteiger partial charge is 0.466 e. The van der Waals surface area contributed by atoms with Crippen molar-refractivity contribution in [2.75, 3.05) is 57.3 Å². The predicted octanol–water partition coefficient (Wildman–Crippen LogP) is 2.84. The molecule has 0 aliphatic carbocycles. The van der Waals surface area contributed by atoms with Crippen LogP contribution in [0, 0.1) is 11.7 Å². The van der Waals surface area contributed by atoms with Crippen LogP contribution >= 0.6 is 0 Å². The number of piperidine rings is 1. The number of aromatic nitrogens is 2. The number of piperazine rings is 1. The molecule has 0 N–H and O–H groups in total. The molecule has 1 aromatic heterocycles. The van der Waals surface area contributed by atoms with Crippen molar-refractivity contribution in [3.05, 3.63) is 41.8 Å². The van der Waals surface area contributed by atoms with Crippen LogP contribution in [0.5, 0.6) is 0 Å². The molecule has 2 aliphatic heterocycles. The quantitative estimate of drug-likeness (QED) is 0.602. The van der Waals surface area contributed by atoms with Crippen molar-refractivity contribution in [1.82, 2.24) is 19.8 Å². The zero-order chi connectivity index (χ0) is 24.1. The predicted molar refractivity (Wildman–Crippen MR) is 127 cm³/mol. The third-order valence-electron chi connectivity index (χ3n) is 6.55. The Balaban J connectivity index is 1.63. The number of nitrogens with zero attached hydrogens (tertiary/aromatic N) is 5. The van der Waals surface area contributed by atoms with Crippen LogP contribution in [-0.4, -0.2) is 84.1 Å². The molecule has 3 heterocycles. The smallest absolute Gasteiger partial charge is 0.310 e. The molecule has 182 valence electrons. The van der Waals surface area contributed by atoms with E-state index < -0.39 is 0 Å². The normalized spacial score (nSPS) is 19.2. The number of benzene rings is 1. The number of hydrogen-bond acceptors (Lipinski definition) is 7. The molecule has 0 saturated carbocycles. The fraction of sp³-hybridized carbons (Fsp3) is 0.520. The number of likely N-dealkylation sites (N-methyl/N-ethyl adjacent to an activating group) is 1. The third kappa shape index (κ3) is 5.35. The maximum Gasteiger partial charge on any atom is 0.310 e. The van der Waals surface area contributed by atoms with Crippen molar-refractivity contribution < 1.29 is 18.7 Å². The summed E-state index contributed by atoms with van der Waals surface area (Å²) in [5.41, 5.74) is 1.12. The number of likely N-dealkylation sites (tertiary alicyclic amines) is 1. The number of carbonyl (C=O) groups is 2. The van der Waals surface area contributed by atoms with E-state index in [9.17, 15) is 14.0 Å². The first-order chi connectivity index (χ1) is 16.5. The highest BCUT2D eigenvalue weighted by molar-refractivity contribution is 5.99. The Bertz CT molecular complexity index is 1010. The summed E-state index contributed by atoms with van der Waals surface area (Å²) in [4.78, 5) is 41.3. The number of rotatable bonds is 6. The molecular formula is C25H32FN5O3. The molecule has 2 saturated heterocycles. The molecule has 4 rings (SSSR count). The molecule has 1 atom stereocenters. The molecule has 1 unspecified atom stereocenters. The highest BCUT2D eigenvalue weighted by Gasteiger charge is 2.32. The van der Waals surface area contributed by atoms with E-state index in [-0.39, 0.29) is 23.6 Å². The Kier molecular flexibility index (Phi) is 7.72. The number of carbonyl (C=O) groups excluding carboxylic acids is 2. The van der Waals surface area contributed by atoms with Crippen molar-refractivity contribution >= 4 is 17.7 Å². The van der Waals surface area contributed by atoms with Crippen LogP contribution in [-0.2, 0) is 9.53 Å². The summed E-state index contributed by atoms with van der Waals surface area (Å²) in [5, 5.41) is 0. The van der Waals surface area contributed by atoms with Crippen LogP contribution in [0.1, 0.15) is 37.0 Å². The van der Waals surface area contributed by atoms with Gasteiger partial charge in [0.2, 0.25) is 0 Å². The van der Waals surface area contributed by atoms with Crippen molar-refractivity contribution in [3.8, 4) is 11.4 Å². The van der Waals surface area contributed by atoms with Gasteiger partial charge in [-0.15, -0.1) is 0 Å². The summed E-state index contributed by atoms with van der Waals surface area (Å²) in [6, 6.07) is 6.03. The van der Waals surface area contributed by atoms with E-state index in [2.05, 4.69) is 21.7 Å². The van der Waals surface area contributed by atoms with Crippen LogP contribution < -0.4 is 4.90 Å². The lowest BCUT2D eigenvalue weighted by Gasteiger charge is -2.36. The molecular weight excluding hydrogens is 437 g/mol. The van der Waals surface area contributed by atoms with E-state index in [4.69, 9.17) is 9.72 Å². The molecule has 34 heavy (non-hydrogen) atoms. The van der Waals surface area contributed by atoms with Gasteiger partial charge >= 0.3 is 5.97 Å². The summed E-state index contributed by atoms with van der Waals surface area (Å²) in [6.07, 6.45) is 3.03. The second-order valence-corrected chi connectivity index (χ2v) is 8.70. The van der Waals surface area contributed by atoms with Gasteiger partial charge in [-0.3, -0.25) is 9.59 Å². The Morgan fingerprint density at radius 2 is 1.82 bits per heavy atom. The highest BCUT2D eigenvalue weighted by atomic mass is 19.1. The van der Waals surface area contributed by atoms with Crippen molar-refractivity contribution in [1.29, 1.82) is 0 Å². The number of esters is 1. The van der Waals surface area contributed by atoms with E-state index in [0.717, 1.165) is 39.1 Å². The minimum atomic E-state index is -0.326. The van der Waals surface area contributed by atoms with Gasteiger partial charge in [-0.05, 0) is 50.6 Å². The van der Waals surface area contributed by atoms with Gasteiger partial charge in [0.05, 0.1) is 12.5 Å². The molecule has 0 bridgehead atoms. The maximum absolute atomic E-state index is 13.6. The van der Waals surface area contributed by atoms with E-state index in [1.165, 1.54) is 12.1 Å². The molecule has 1 amide bonds. The topological polar surface area (TPSA) is 78.9 Å². The average molecular weight is 470 g/mol. The van der Waals surface area contributed by atoms with Crippen LogP contribution in [0.4, 0.5) is 10.2 Å². The molecule has 9 heteroatoms. The van der Waals surface area contributed by atoms with Crippen LogP contribution in [0.2, 0.25) is 0 Å². The Morgan fingerprint density at radius 3 is 2.50 bits per heavy atom. The number of amides is 1. The van der Waals surface area contributed by atoms with E-state index in [0.29, 0.717) is 48.9 Å². The van der Waals surface area contributed by atoms with E-state index in [1.807, 2.05) is 0 Å². The summed E-state index contributed by atoms with van der Waals surface area (Å²) in [6.45, 7) is 9.41. The summed E-state index contributed by atoms with van der Waals surface area (Å²) >= 11 is 0. The van der Waals surface area contributed by atoms with Gasteiger partial charge in [-0.1, -0.05) is 6.92 Å². The highest BCUT2D eigenvalue weighted by Crippen LogP contribution is 2.27. The van der Waals surface area contributed by atoms with Gasteiger partial charge in [0, 0.05) is 51.0 Å².